The number of rotatable bonds is 3. The van der Waals surface area contributed by atoms with E-state index in [2.05, 4.69) is 0 Å². The van der Waals surface area contributed by atoms with Gasteiger partial charge < -0.3 is 20.1 Å². The zero-order valence-electron chi connectivity index (χ0n) is 17.2. The Morgan fingerprint density at radius 3 is 1.81 bits per heavy atom. The van der Waals surface area contributed by atoms with Crippen molar-refractivity contribution in [3.05, 3.63) is 113 Å². The highest BCUT2D eigenvalue weighted by Gasteiger charge is 2.49. The number of hydrogen-bond donors (Lipinski definition) is 3. The average Bonchev–Trinajstić information content (AvgIpc) is 3.08. The summed E-state index contributed by atoms with van der Waals surface area (Å²) in [6, 6.07) is 23.7. The van der Waals surface area contributed by atoms with Gasteiger partial charge in [-0.2, -0.15) is 0 Å². The molecule has 5 rings (SSSR count). The van der Waals surface area contributed by atoms with E-state index in [-0.39, 0.29) is 17.2 Å². The van der Waals surface area contributed by atoms with Crippen molar-refractivity contribution >= 4 is 5.97 Å². The molecule has 5 nitrogen and oxygen atoms in total. The highest BCUT2D eigenvalue weighted by atomic mass is 16.6. The fourth-order valence-electron chi connectivity index (χ4n) is 4.47. The largest absolute Gasteiger partial charge is 0.508 e. The van der Waals surface area contributed by atoms with Gasteiger partial charge in [0, 0.05) is 16.7 Å². The van der Waals surface area contributed by atoms with Gasteiger partial charge in [-0.05, 0) is 60.0 Å². The summed E-state index contributed by atoms with van der Waals surface area (Å²) in [5.74, 6) is -0.103. The van der Waals surface area contributed by atoms with Gasteiger partial charge in [-0.25, -0.2) is 4.79 Å². The Hall–Kier alpha value is -4.25. The number of carbonyl (C=O) groups is 1. The molecule has 158 valence electrons. The lowest BCUT2D eigenvalue weighted by Gasteiger charge is -2.30. The fourth-order valence-corrected chi connectivity index (χ4v) is 4.47. The van der Waals surface area contributed by atoms with Crippen LogP contribution in [0.5, 0.6) is 17.2 Å². The summed E-state index contributed by atoms with van der Waals surface area (Å²) in [5, 5.41) is 29.5. The predicted molar refractivity (Wildman–Crippen MR) is 120 cm³/mol. The molecule has 1 heterocycles. The molecule has 4 aromatic carbocycles. The molecular weight excluding hydrogens is 404 g/mol. The van der Waals surface area contributed by atoms with E-state index in [0.29, 0.717) is 27.8 Å². The molecule has 0 aliphatic carbocycles. The predicted octanol–water partition coefficient (Wildman–Crippen LogP) is 5.24. The minimum absolute atomic E-state index is 0.104. The van der Waals surface area contributed by atoms with Gasteiger partial charge in [-0.1, -0.05) is 48.5 Å². The third-order valence-corrected chi connectivity index (χ3v) is 5.94. The highest BCUT2D eigenvalue weighted by molar-refractivity contribution is 6.03. The summed E-state index contributed by atoms with van der Waals surface area (Å²) in [7, 11) is 0. The second kappa shape index (κ2) is 7.17. The number of fused-ring (bicyclic) bond motifs is 1. The lowest BCUT2D eigenvalue weighted by Crippen LogP contribution is -2.29. The molecule has 0 radical (unpaired) electrons. The Kier molecular flexibility index (Phi) is 4.41. The van der Waals surface area contributed by atoms with Crippen LogP contribution in [0, 0.1) is 6.92 Å². The first-order valence-electron chi connectivity index (χ1n) is 10.2. The van der Waals surface area contributed by atoms with Gasteiger partial charge in [0.05, 0.1) is 5.56 Å². The van der Waals surface area contributed by atoms with Gasteiger partial charge in [-0.15, -0.1) is 0 Å². The van der Waals surface area contributed by atoms with Gasteiger partial charge in [0.2, 0.25) is 0 Å². The molecule has 0 saturated carbocycles. The van der Waals surface area contributed by atoms with Crippen LogP contribution in [0.15, 0.2) is 84.9 Å². The Morgan fingerprint density at radius 2 is 1.25 bits per heavy atom. The normalized spacial score (nSPS) is 14.1. The third-order valence-electron chi connectivity index (χ3n) is 5.94. The maximum Gasteiger partial charge on any atom is 0.340 e. The van der Waals surface area contributed by atoms with Gasteiger partial charge in [0.15, 0.2) is 5.60 Å². The Bertz CT molecular complexity index is 1290. The van der Waals surface area contributed by atoms with Crippen molar-refractivity contribution < 1.29 is 24.9 Å². The summed E-state index contributed by atoms with van der Waals surface area (Å²) in [6.45, 7) is 1.88. The van der Waals surface area contributed by atoms with E-state index in [9.17, 15) is 20.1 Å². The van der Waals surface area contributed by atoms with Crippen molar-refractivity contribution in [1.29, 1.82) is 0 Å². The number of hydrogen-bond acceptors (Lipinski definition) is 5. The zero-order valence-corrected chi connectivity index (χ0v) is 17.2. The van der Waals surface area contributed by atoms with Crippen LogP contribution < -0.4 is 0 Å². The molecule has 0 aromatic heterocycles. The SMILES string of the molecule is Cc1cc(O)ccc1-c1cccc2c1C(=O)OC2(c1ccc(O)cc1)c1ccc(O)cc1. The van der Waals surface area contributed by atoms with E-state index in [1.54, 1.807) is 66.7 Å². The second-order valence-electron chi connectivity index (χ2n) is 7.89. The van der Waals surface area contributed by atoms with Crippen LogP contribution in [0.1, 0.15) is 32.6 Å². The number of esters is 1. The number of ether oxygens (including phenoxy) is 1. The molecule has 4 aromatic rings. The maximum atomic E-state index is 13.4. The molecule has 0 unspecified atom stereocenters. The van der Waals surface area contributed by atoms with Crippen LogP contribution in [0.25, 0.3) is 11.1 Å². The van der Waals surface area contributed by atoms with Crippen molar-refractivity contribution in [2.45, 2.75) is 12.5 Å². The van der Waals surface area contributed by atoms with Gasteiger partial charge in [-0.3, -0.25) is 0 Å². The first-order valence-corrected chi connectivity index (χ1v) is 10.2. The highest BCUT2D eigenvalue weighted by Crippen LogP contribution is 2.50. The molecular formula is C27H20O5. The van der Waals surface area contributed by atoms with Gasteiger partial charge in [0.25, 0.3) is 0 Å². The second-order valence-corrected chi connectivity index (χ2v) is 7.89. The van der Waals surface area contributed by atoms with Crippen molar-refractivity contribution in [3.8, 4) is 28.4 Å². The van der Waals surface area contributed by atoms with E-state index >= 15 is 0 Å². The van der Waals surface area contributed by atoms with Gasteiger partial charge >= 0.3 is 5.97 Å². The smallest absolute Gasteiger partial charge is 0.340 e. The number of phenolic OH excluding ortho intramolecular Hbond substituents is 3. The van der Waals surface area contributed by atoms with E-state index in [0.717, 1.165) is 11.1 Å². The molecule has 5 heteroatoms. The molecule has 3 N–H and O–H groups in total. The minimum atomic E-state index is -1.24. The standard InChI is InChI=1S/C27H20O5/c1-16-15-21(30)13-14-22(16)23-3-2-4-24-25(23)26(31)32-27(24,17-5-9-19(28)10-6-17)18-7-11-20(29)12-8-18/h2-15,28-30H,1H3. The molecule has 0 saturated heterocycles. The maximum absolute atomic E-state index is 13.4. The number of benzene rings is 4. The molecule has 0 atom stereocenters. The molecule has 32 heavy (non-hydrogen) atoms. The van der Waals surface area contributed by atoms with Gasteiger partial charge in [0.1, 0.15) is 17.2 Å². The average molecular weight is 424 g/mol. The summed E-state index contributed by atoms with van der Waals surface area (Å²) < 4.78 is 6.15. The topological polar surface area (TPSA) is 87.0 Å². The van der Waals surface area contributed by atoms with Crippen LogP contribution >= 0.6 is 0 Å². The summed E-state index contributed by atoms with van der Waals surface area (Å²) in [5.41, 5.74) is 3.59. The Labute approximate surface area is 184 Å². The lowest BCUT2D eigenvalue weighted by molar-refractivity contribution is 0.0252. The lowest BCUT2D eigenvalue weighted by atomic mass is 9.78. The molecule has 0 bridgehead atoms. The van der Waals surface area contributed by atoms with E-state index < -0.39 is 11.6 Å². The molecule has 0 fully saturated rings. The third kappa shape index (κ3) is 2.90. The number of aromatic hydroxyl groups is 3. The molecule has 1 aliphatic rings. The minimum Gasteiger partial charge on any atom is -0.508 e. The van der Waals surface area contributed by atoms with Crippen molar-refractivity contribution in [3.63, 3.8) is 0 Å². The van der Waals surface area contributed by atoms with E-state index in [1.165, 1.54) is 0 Å². The molecule has 0 amide bonds. The van der Waals surface area contributed by atoms with Crippen LogP contribution in [-0.2, 0) is 10.3 Å². The van der Waals surface area contributed by atoms with Crippen molar-refractivity contribution in [2.24, 2.45) is 0 Å². The number of cyclic esters (lactones) is 1. The van der Waals surface area contributed by atoms with E-state index in [4.69, 9.17) is 4.74 Å². The van der Waals surface area contributed by atoms with Crippen LogP contribution in [0.2, 0.25) is 0 Å². The van der Waals surface area contributed by atoms with Crippen molar-refractivity contribution in [1.82, 2.24) is 0 Å². The fraction of sp³-hybridized carbons (Fsp3) is 0.0741. The zero-order chi connectivity index (χ0) is 22.5. The van der Waals surface area contributed by atoms with Crippen LogP contribution in [0.4, 0.5) is 0 Å². The Morgan fingerprint density at radius 1 is 0.688 bits per heavy atom. The number of aryl methyl sites for hydroxylation is 1. The van der Waals surface area contributed by atoms with E-state index in [1.807, 2.05) is 25.1 Å². The van der Waals surface area contributed by atoms with Crippen LogP contribution in [-0.4, -0.2) is 21.3 Å². The van der Waals surface area contributed by atoms with Crippen LogP contribution in [0.3, 0.4) is 0 Å². The first kappa shape index (κ1) is 19.7. The quantitative estimate of drug-likeness (QED) is 0.392. The molecule has 1 aliphatic heterocycles. The van der Waals surface area contributed by atoms with Crippen molar-refractivity contribution in [2.75, 3.05) is 0 Å². The Balaban J connectivity index is 1.82. The first-order chi connectivity index (χ1) is 15.4. The number of carbonyl (C=O) groups excluding carboxylic acids is 1. The molecule has 0 spiro atoms. The monoisotopic (exact) mass is 424 g/mol. The summed E-state index contributed by atoms with van der Waals surface area (Å²) in [4.78, 5) is 13.4. The summed E-state index contributed by atoms with van der Waals surface area (Å²) >= 11 is 0. The summed E-state index contributed by atoms with van der Waals surface area (Å²) in [6.07, 6.45) is 0. The number of phenols is 3.